The van der Waals surface area contributed by atoms with Gasteiger partial charge in [-0.2, -0.15) is 0 Å². The fourth-order valence-corrected chi connectivity index (χ4v) is 3.10. The molecule has 0 aliphatic carbocycles. The molecule has 0 bridgehead atoms. The van der Waals surface area contributed by atoms with Gasteiger partial charge in [-0.1, -0.05) is 5.16 Å². The maximum atomic E-state index is 13.0. The van der Waals surface area contributed by atoms with Crippen molar-refractivity contribution >= 4 is 5.91 Å². The van der Waals surface area contributed by atoms with Crippen LogP contribution in [0.1, 0.15) is 40.7 Å². The normalized spacial score (nSPS) is 17.4. The minimum Gasteiger partial charge on any atom is -0.359 e. The van der Waals surface area contributed by atoms with Crippen LogP contribution < -0.4 is 0 Å². The molecule has 1 atom stereocenters. The first-order valence-electron chi connectivity index (χ1n) is 7.91. The molecule has 1 fully saturated rings. The van der Waals surface area contributed by atoms with E-state index in [0.717, 1.165) is 24.3 Å². The van der Waals surface area contributed by atoms with E-state index in [1.165, 1.54) is 0 Å². The molecule has 1 saturated heterocycles. The average Bonchev–Trinajstić information content (AvgIpc) is 3.35. The highest BCUT2D eigenvalue weighted by Crippen LogP contribution is 2.33. The second-order valence-electron chi connectivity index (χ2n) is 5.90. The molecule has 4 heterocycles. The number of likely N-dealkylation sites (tertiary alicyclic amines) is 1. The van der Waals surface area contributed by atoms with Gasteiger partial charge in [0.2, 0.25) is 0 Å². The number of pyridine rings is 1. The Bertz CT molecular complexity index is 856. The van der Waals surface area contributed by atoms with Crippen LogP contribution in [-0.4, -0.2) is 37.0 Å². The van der Waals surface area contributed by atoms with Crippen LogP contribution in [-0.2, 0) is 0 Å². The summed E-state index contributed by atoms with van der Waals surface area (Å²) in [4.78, 5) is 23.1. The molecular weight excluding hydrogens is 306 g/mol. The van der Waals surface area contributed by atoms with Crippen molar-refractivity contribution in [2.75, 3.05) is 6.54 Å². The molecular formula is C17H17N5O2. The van der Waals surface area contributed by atoms with E-state index in [0.29, 0.717) is 17.9 Å². The Morgan fingerprint density at radius 3 is 3.00 bits per heavy atom. The number of aromatic nitrogens is 4. The fraction of sp³-hybridized carbons (Fsp3) is 0.294. The average molecular weight is 323 g/mol. The first-order chi connectivity index (χ1) is 11.7. The summed E-state index contributed by atoms with van der Waals surface area (Å²) in [7, 11) is 0. The second-order valence-corrected chi connectivity index (χ2v) is 5.90. The van der Waals surface area contributed by atoms with Gasteiger partial charge in [0.05, 0.1) is 11.7 Å². The molecule has 7 nitrogen and oxygen atoms in total. The van der Waals surface area contributed by atoms with E-state index >= 15 is 0 Å². The minimum absolute atomic E-state index is 0.0182. The van der Waals surface area contributed by atoms with Crippen LogP contribution in [0.15, 0.2) is 47.6 Å². The molecule has 24 heavy (non-hydrogen) atoms. The third-order valence-electron chi connectivity index (χ3n) is 4.25. The van der Waals surface area contributed by atoms with Crippen molar-refractivity contribution in [2.24, 2.45) is 0 Å². The number of imidazole rings is 1. The van der Waals surface area contributed by atoms with E-state index < -0.39 is 0 Å². The number of nitrogens with zero attached hydrogens (tertiary/aromatic N) is 5. The summed E-state index contributed by atoms with van der Waals surface area (Å²) in [5, 5.41) is 3.94. The van der Waals surface area contributed by atoms with Crippen LogP contribution in [0.25, 0.3) is 5.82 Å². The van der Waals surface area contributed by atoms with E-state index in [2.05, 4.69) is 15.1 Å². The molecule has 0 unspecified atom stereocenters. The number of hydrogen-bond acceptors (Lipinski definition) is 5. The molecule has 3 aromatic heterocycles. The van der Waals surface area contributed by atoms with E-state index in [9.17, 15) is 4.79 Å². The van der Waals surface area contributed by atoms with Gasteiger partial charge < -0.3 is 9.42 Å². The summed E-state index contributed by atoms with van der Waals surface area (Å²) in [5.74, 6) is 1.40. The lowest BCUT2D eigenvalue weighted by Crippen LogP contribution is -2.30. The highest BCUT2D eigenvalue weighted by atomic mass is 16.5. The van der Waals surface area contributed by atoms with Crippen LogP contribution in [0, 0.1) is 6.92 Å². The Hall–Kier alpha value is -2.96. The molecule has 1 aliphatic heterocycles. The van der Waals surface area contributed by atoms with Crippen molar-refractivity contribution in [3.63, 3.8) is 0 Å². The van der Waals surface area contributed by atoms with Crippen LogP contribution in [0.2, 0.25) is 0 Å². The zero-order valence-electron chi connectivity index (χ0n) is 13.3. The van der Waals surface area contributed by atoms with E-state index in [4.69, 9.17) is 4.52 Å². The Morgan fingerprint density at radius 1 is 1.33 bits per heavy atom. The van der Waals surface area contributed by atoms with E-state index in [-0.39, 0.29) is 11.9 Å². The molecule has 0 aromatic carbocycles. The van der Waals surface area contributed by atoms with Gasteiger partial charge in [-0.15, -0.1) is 0 Å². The van der Waals surface area contributed by atoms with Gasteiger partial charge in [-0.05, 0) is 31.9 Å². The van der Waals surface area contributed by atoms with Gasteiger partial charge >= 0.3 is 0 Å². The highest BCUT2D eigenvalue weighted by Gasteiger charge is 2.33. The molecule has 0 radical (unpaired) electrons. The van der Waals surface area contributed by atoms with Crippen LogP contribution in [0.4, 0.5) is 0 Å². The van der Waals surface area contributed by atoms with Gasteiger partial charge in [0.25, 0.3) is 5.91 Å². The monoisotopic (exact) mass is 323 g/mol. The highest BCUT2D eigenvalue weighted by molar-refractivity contribution is 5.95. The number of hydrogen-bond donors (Lipinski definition) is 0. The van der Waals surface area contributed by atoms with Crippen LogP contribution in [0.3, 0.4) is 0 Å². The van der Waals surface area contributed by atoms with Crippen LogP contribution in [0.5, 0.6) is 0 Å². The maximum absolute atomic E-state index is 13.0. The molecule has 4 rings (SSSR count). The molecule has 0 N–H and O–H groups in total. The number of carbonyl (C=O) groups is 1. The number of amides is 1. The van der Waals surface area contributed by atoms with Crippen molar-refractivity contribution in [1.82, 2.24) is 24.6 Å². The Labute approximate surface area is 138 Å². The van der Waals surface area contributed by atoms with Gasteiger partial charge in [0.15, 0.2) is 5.76 Å². The second kappa shape index (κ2) is 5.92. The maximum Gasteiger partial charge on any atom is 0.254 e. The predicted octanol–water partition coefficient (Wildman–Crippen LogP) is 2.54. The van der Waals surface area contributed by atoms with E-state index in [1.54, 1.807) is 41.6 Å². The van der Waals surface area contributed by atoms with Crippen molar-refractivity contribution in [2.45, 2.75) is 25.8 Å². The van der Waals surface area contributed by atoms with Crippen molar-refractivity contribution in [3.05, 3.63) is 60.1 Å². The fourth-order valence-electron chi connectivity index (χ4n) is 3.10. The SMILES string of the molecule is Cc1cc([C@@H]2CCCN2C(=O)c2ccnc(-n3ccnc3)c2)on1. The van der Waals surface area contributed by atoms with Crippen molar-refractivity contribution < 1.29 is 9.32 Å². The number of rotatable bonds is 3. The number of aryl methyl sites for hydroxylation is 1. The van der Waals surface area contributed by atoms with Crippen LogP contribution >= 0.6 is 0 Å². The molecule has 1 amide bonds. The molecule has 0 spiro atoms. The Kier molecular flexibility index (Phi) is 3.60. The first kappa shape index (κ1) is 14.6. The summed E-state index contributed by atoms with van der Waals surface area (Å²) < 4.78 is 7.15. The quantitative estimate of drug-likeness (QED) is 0.740. The first-order valence-corrected chi connectivity index (χ1v) is 7.91. The minimum atomic E-state index is -0.0523. The zero-order valence-corrected chi connectivity index (χ0v) is 13.3. The molecule has 7 heteroatoms. The third-order valence-corrected chi connectivity index (χ3v) is 4.25. The Balaban J connectivity index is 1.62. The Morgan fingerprint density at radius 2 is 2.25 bits per heavy atom. The molecule has 1 aliphatic rings. The van der Waals surface area contributed by atoms with Crippen molar-refractivity contribution in [1.29, 1.82) is 0 Å². The van der Waals surface area contributed by atoms with Gasteiger partial charge in [0, 0.05) is 36.8 Å². The molecule has 122 valence electrons. The summed E-state index contributed by atoms with van der Waals surface area (Å²) in [5.41, 5.74) is 1.44. The lowest BCUT2D eigenvalue weighted by atomic mass is 10.1. The lowest BCUT2D eigenvalue weighted by molar-refractivity contribution is 0.0714. The smallest absolute Gasteiger partial charge is 0.254 e. The largest absolute Gasteiger partial charge is 0.359 e. The van der Waals surface area contributed by atoms with Gasteiger partial charge in [0.1, 0.15) is 12.1 Å². The molecule has 0 saturated carbocycles. The number of carbonyl (C=O) groups excluding carboxylic acids is 1. The standard InChI is InChI=1S/C17H17N5O2/c1-12-9-15(24-20-12)14-3-2-7-22(14)17(23)13-4-5-19-16(10-13)21-8-6-18-11-21/h4-6,8-11,14H,2-3,7H2,1H3/t14-/m0/s1. The lowest BCUT2D eigenvalue weighted by Gasteiger charge is -2.22. The summed E-state index contributed by atoms with van der Waals surface area (Å²) in [6.07, 6.45) is 8.62. The van der Waals surface area contributed by atoms with Crippen molar-refractivity contribution in [3.8, 4) is 5.82 Å². The molecule has 3 aromatic rings. The zero-order chi connectivity index (χ0) is 16.5. The predicted molar refractivity (Wildman–Crippen MR) is 85.6 cm³/mol. The van der Waals surface area contributed by atoms with Gasteiger partial charge in [-0.25, -0.2) is 9.97 Å². The van der Waals surface area contributed by atoms with Gasteiger partial charge in [-0.3, -0.25) is 9.36 Å². The summed E-state index contributed by atoms with van der Waals surface area (Å²) in [6, 6.07) is 5.37. The summed E-state index contributed by atoms with van der Waals surface area (Å²) in [6.45, 7) is 2.60. The topological polar surface area (TPSA) is 77.0 Å². The summed E-state index contributed by atoms with van der Waals surface area (Å²) >= 11 is 0. The third kappa shape index (κ3) is 2.58. The van der Waals surface area contributed by atoms with E-state index in [1.807, 2.05) is 17.9 Å².